The van der Waals surface area contributed by atoms with Crippen molar-refractivity contribution in [2.45, 2.75) is 25.8 Å². The predicted molar refractivity (Wildman–Crippen MR) is 55.7 cm³/mol. The Hall–Kier alpha value is -1.47. The van der Waals surface area contributed by atoms with Crippen LogP contribution in [0.5, 0.6) is 0 Å². The first-order valence-corrected chi connectivity index (χ1v) is 4.74. The average molecular weight is 187 g/mol. The van der Waals surface area contributed by atoms with Crippen LogP contribution < -0.4 is 0 Å². The molecule has 0 aliphatic heterocycles. The second-order valence-corrected chi connectivity index (χ2v) is 4.48. The highest BCUT2D eigenvalue weighted by Crippen LogP contribution is 2.65. The Balaban J connectivity index is 2.46. The number of hydrogen-bond acceptors (Lipinski definition) is 1. The van der Waals surface area contributed by atoms with Gasteiger partial charge in [0.25, 0.3) is 0 Å². The van der Waals surface area contributed by atoms with E-state index in [0.29, 0.717) is 0 Å². The van der Waals surface area contributed by atoms with Crippen molar-refractivity contribution in [1.82, 2.24) is 0 Å². The Labute approximate surface area is 83.4 Å². The van der Waals surface area contributed by atoms with Crippen LogP contribution in [0.2, 0.25) is 0 Å². The zero-order valence-corrected chi connectivity index (χ0v) is 8.44. The summed E-state index contributed by atoms with van der Waals surface area (Å²) in [5.41, 5.74) is 9.52. The molecule has 0 saturated heterocycles. The zero-order valence-electron chi connectivity index (χ0n) is 8.44. The molecule has 2 rings (SSSR count). The molecule has 0 amide bonds. The summed E-state index contributed by atoms with van der Waals surface area (Å²) in [6.45, 7) is 4.27. The third-order valence-corrected chi connectivity index (χ3v) is 3.16. The molecule has 1 aliphatic rings. The van der Waals surface area contributed by atoms with Crippen LogP contribution in [0.4, 0.5) is 0 Å². The number of benzene rings is 1. The summed E-state index contributed by atoms with van der Waals surface area (Å²) in [6, 6.07) is 10.0. The van der Waals surface area contributed by atoms with Crippen molar-refractivity contribution in [2.75, 3.05) is 0 Å². The molecule has 0 bridgehead atoms. The predicted octanol–water partition coefficient (Wildman–Crippen LogP) is 3.62. The van der Waals surface area contributed by atoms with Gasteiger partial charge < -0.3 is 0 Å². The molecule has 3 heteroatoms. The third-order valence-electron chi connectivity index (χ3n) is 3.16. The van der Waals surface area contributed by atoms with Gasteiger partial charge in [-0.3, -0.25) is 0 Å². The van der Waals surface area contributed by atoms with E-state index in [1.165, 1.54) is 0 Å². The highest BCUT2D eigenvalue weighted by Gasteiger charge is 2.61. The van der Waals surface area contributed by atoms with Crippen molar-refractivity contribution in [3.63, 3.8) is 0 Å². The van der Waals surface area contributed by atoms with Gasteiger partial charge in [-0.25, -0.2) is 0 Å². The minimum Gasteiger partial charge on any atom is -0.0820 e. The smallest absolute Gasteiger partial charge is 0.0794 e. The van der Waals surface area contributed by atoms with E-state index in [1.54, 1.807) is 0 Å². The number of hydrogen-bond donors (Lipinski definition) is 0. The molecule has 1 aliphatic carbocycles. The summed E-state index contributed by atoms with van der Waals surface area (Å²) < 4.78 is 0. The Kier molecular flexibility index (Phi) is 1.79. The second kappa shape index (κ2) is 2.76. The number of azide groups is 1. The molecule has 1 saturated carbocycles. The van der Waals surface area contributed by atoms with Gasteiger partial charge in [-0.1, -0.05) is 49.3 Å². The Morgan fingerprint density at radius 3 is 2.29 bits per heavy atom. The molecule has 1 aromatic carbocycles. The van der Waals surface area contributed by atoms with Gasteiger partial charge in [-0.15, -0.1) is 0 Å². The number of rotatable bonds is 2. The topological polar surface area (TPSA) is 48.8 Å². The highest BCUT2D eigenvalue weighted by atomic mass is 15.2. The van der Waals surface area contributed by atoms with Crippen LogP contribution in [0.1, 0.15) is 25.8 Å². The van der Waals surface area contributed by atoms with Crippen LogP contribution >= 0.6 is 0 Å². The average Bonchev–Trinajstić information content (AvgIpc) is 2.72. The molecule has 0 radical (unpaired) electrons. The van der Waals surface area contributed by atoms with Crippen molar-refractivity contribution in [2.24, 2.45) is 10.5 Å². The molecule has 0 spiro atoms. The fourth-order valence-corrected chi connectivity index (χ4v) is 2.11. The molecule has 0 N–H and O–H groups in total. The first-order valence-electron chi connectivity index (χ1n) is 4.74. The van der Waals surface area contributed by atoms with E-state index in [4.69, 9.17) is 5.53 Å². The summed E-state index contributed by atoms with van der Waals surface area (Å²) in [7, 11) is 0. The molecule has 0 aromatic heterocycles. The van der Waals surface area contributed by atoms with Gasteiger partial charge >= 0.3 is 0 Å². The highest BCUT2D eigenvalue weighted by molar-refractivity contribution is 5.35. The summed E-state index contributed by atoms with van der Waals surface area (Å²) in [5.74, 6) is 0. The molecular weight excluding hydrogens is 174 g/mol. The first-order chi connectivity index (χ1) is 6.62. The normalized spacial score (nSPS) is 27.9. The van der Waals surface area contributed by atoms with Gasteiger partial charge in [-0.05, 0) is 22.9 Å². The summed E-state index contributed by atoms with van der Waals surface area (Å²) in [6.07, 6.45) is 0.939. The lowest BCUT2D eigenvalue weighted by Gasteiger charge is -2.14. The van der Waals surface area contributed by atoms with Crippen molar-refractivity contribution < 1.29 is 0 Å². The van der Waals surface area contributed by atoms with Crippen LogP contribution in [0, 0.1) is 5.41 Å². The van der Waals surface area contributed by atoms with E-state index < -0.39 is 0 Å². The summed E-state index contributed by atoms with van der Waals surface area (Å²) in [4.78, 5) is 2.97. The van der Waals surface area contributed by atoms with Gasteiger partial charge in [0.15, 0.2) is 0 Å². The van der Waals surface area contributed by atoms with Crippen molar-refractivity contribution >= 4 is 0 Å². The zero-order chi connectivity index (χ0) is 10.2. The van der Waals surface area contributed by atoms with Crippen molar-refractivity contribution in [3.05, 3.63) is 46.3 Å². The minimum absolute atomic E-state index is 0.0978. The maximum absolute atomic E-state index is 8.59. The SMILES string of the molecule is CC1(C)CC1(N=[N+]=[N-])c1ccccc1. The Morgan fingerprint density at radius 2 is 1.86 bits per heavy atom. The molecule has 1 atom stereocenters. The maximum atomic E-state index is 8.59. The van der Waals surface area contributed by atoms with E-state index in [-0.39, 0.29) is 11.0 Å². The van der Waals surface area contributed by atoms with Gasteiger partial charge in [0, 0.05) is 4.91 Å². The van der Waals surface area contributed by atoms with Crippen molar-refractivity contribution in [3.8, 4) is 0 Å². The van der Waals surface area contributed by atoms with Crippen LogP contribution in [0.25, 0.3) is 10.4 Å². The standard InChI is InChI=1S/C11H13N3/c1-10(2)8-11(10,13-14-12)9-6-4-3-5-7-9/h3-7H,8H2,1-2H3. The van der Waals surface area contributed by atoms with Gasteiger partial charge in [0.05, 0.1) is 5.54 Å². The Bertz CT molecular complexity index is 390. The maximum Gasteiger partial charge on any atom is 0.0794 e. The van der Waals surface area contributed by atoms with E-state index in [0.717, 1.165) is 12.0 Å². The fourth-order valence-electron chi connectivity index (χ4n) is 2.11. The van der Waals surface area contributed by atoms with Gasteiger partial charge in [0.2, 0.25) is 0 Å². The third kappa shape index (κ3) is 1.10. The summed E-state index contributed by atoms with van der Waals surface area (Å²) in [5, 5.41) is 3.97. The Morgan fingerprint density at radius 1 is 1.29 bits per heavy atom. The molecule has 3 nitrogen and oxygen atoms in total. The first kappa shape index (κ1) is 9.10. The van der Waals surface area contributed by atoms with Crippen LogP contribution in [0.15, 0.2) is 35.4 Å². The molecule has 1 fully saturated rings. The van der Waals surface area contributed by atoms with Crippen LogP contribution in [-0.4, -0.2) is 0 Å². The van der Waals surface area contributed by atoms with E-state index in [2.05, 4.69) is 23.9 Å². The number of nitrogens with zero attached hydrogens (tertiary/aromatic N) is 3. The van der Waals surface area contributed by atoms with E-state index in [9.17, 15) is 0 Å². The lowest BCUT2D eigenvalue weighted by molar-refractivity contribution is 0.508. The van der Waals surface area contributed by atoms with Crippen LogP contribution in [0.3, 0.4) is 0 Å². The van der Waals surface area contributed by atoms with Gasteiger partial charge in [0.1, 0.15) is 0 Å². The van der Waals surface area contributed by atoms with E-state index >= 15 is 0 Å². The second-order valence-electron chi connectivity index (χ2n) is 4.48. The summed E-state index contributed by atoms with van der Waals surface area (Å²) >= 11 is 0. The van der Waals surface area contributed by atoms with Gasteiger partial charge in [-0.2, -0.15) is 0 Å². The molecule has 1 aromatic rings. The quantitative estimate of drug-likeness (QED) is 0.385. The largest absolute Gasteiger partial charge is 0.0820 e. The molecular formula is C11H13N3. The molecule has 1 unspecified atom stereocenters. The van der Waals surface area contributed by atoms with Crippen LogP contribution in [-0.2, 0) is 5.54 Å². The van der Waals surface area contributed by atoms with E-state index in [1.807, 2.05) is 30.3 Å². The molecule has 0 heterocycles. The lowest BCUT2D eigenvalue weighted by atomic mass is 9.97. The molecule has 14 heavy (non-hydrogen) atoms. The fraction of sp³-hybridized carbons (Fsp3) is 0.455. The lowest BCUT2D eigenvalue weighted by Crippen LogP contribution is -2.10. The minimum atomic E-state index is -0.303. The monoisotopic (exact) mass is 187 g/mol. The van der Waals surface area contributed by atoms with Crippen molar-refractivity contribution in [1.29, 1.82) is 0 Å². The molecule has 72 valence electrons.